The highest BCUT2D eigenvalue weighted by molar-refractivity contribution is 9.10. The van der Waals surface area contributed by atoms with Gasteiger partial charge in [0, 0.05) is 12.0 Å². The van der Waals surface area contributed by atoms with Gasteiger partial charge in [0.2, 0.25) is 0 Å². The Balaban J connectivity index is 2.41. The Kier molecular flexibility index (Phi) is 4.78. The zero-order chi connectivity index (χ0) is 14.9. The van der Waals surface area contributed by atoms with Crippen molar-refractivity contribution in [2.75, 3.05) is 0 Å². The molecule has 0 saturated carbocycles. The summed E-state index contributed by atoms with van der Waals surface area (Å²) in [6.45, 7) is 0. The second-order valence-electron chi connectivity index (χ2n) is 4.02. The van der Waals surface area contributed by atoms with Crippen molar-refractivity contribution in [3.8, 4) is 0 Å². The van der Waals surface area contributed by atoms with Crippen LogP contribution in [-0.2, 0) is 6.42 Å². The van der Waals surface area contributed by atoms with Gasteiger partial charge in [-0.15, -0.1) is 0 Å². The molecule has 2 aromatic rings. The molecule has 0 radical (unpaired) electrons. The van der Waals surface area contributed by atoms with Gasteiger partial charge >= 0.3 is 0 Å². The second kappa shape index (κ2) is 6.20. The van der Waals surface area contributed by atoms with Crippen LogP contribution in [0.3, 0.4) is 0 Å². The maximum atomic E-state index is 13.8. The number of carbonyl (C=O) groups is 1. The largest absolute Gasteiger partial charge is 0.294 e. The number of benzene rings is 2. The molecule has 0 fully saturated rings. The molecule has 1 nitrogen and oxygen atoms in total. The molecule has 0 N–H and O–H groups in total. The van der Waals surface area contributed by atoms with Crippen molar-refractivity contribution in [3.05, 3.63) is 67.6 Å². The van der Waals surface area contributed by atoms with E-state index >= 15 is 0 Å². The van der Waals surface area contributed by atoms with Crippen LogP contribution in [0.4, 0.5) is 8.78 Å². The molecule has 0 aliphatic rings. The first kappa shape index (κ1) is 15.4. The van der Waals surface area contributed by atoms with Crippen LogP contribution in [0, 0.1) is 11.6 Å². The SMILES string of the molecule is O=C(Cc1c(F)ccc(Br)c1F)c1c(Cl)cccc1Cl. The Labute approximate surface area is 132 Å². The fourth-order valence-electron chi connectivity index (χ4n) is 1.74. The van der Waals surface area contributed by atoms with E-state index < -0.39 is 23.8 Å². The average Bonchev–Trinajstić information content (AvgIpc) is 2.39. The van der Waals surface area contributed by atoms with Gasteiger partial charge in [-0.25, -0.2) is 8.78 Å². The van der Waals surface area contributed by atoms with Gasteiger partial charge in [-0.05, 0) is 40.2 Å². The molecule has 104 valence electrons. The molecule has 0 atom stereocenters. The molecule has 0 spiro atoms. The zero-order valence-corrected chi connectivity index (χ0v) is 13.0. The van der Waals surface area contributed by atoms with Crippen molar-refractivity contribution < 1.29 is 13.6 Å². The third kappa shape index (κ3) is 3.03. The summed E-state index contributed by atoms with van der Waals surface area (Å²) in [7, 11) is 0. The van der Waals surface area contributed by atoms with Crippen molar-refractivity contribution in [2.45, 2.75) is 6.42 Å². The number of ketones is 1. The Hall–Kier alpha value is -0.970. The molecule has 6 heteroatoms. The van der Waals surface area contributed by atoms with Crippen LogP contribution in [0.5, 0.6) is 0 Å². The summed E-state index contributed by atoms with van der Waals surface area (Å²) in [5, 5.41) is 0.302. The summed E-state index contributed by atoms with van der Waals surface area (Å²) in [6, 6.07) is 6.90. The minimum atomic E-state index is -0.804. The standard InChI is InChI=1S/C14H7BrCl2F2O/c15-8-4-5-11(18)7(14(8)19)6-12(20)13-9(16)2-1-3-10(13)17/h1-5H,6H2. The maximum absolute atomic E-state index is 13.8. The summed E-state index contributed by atoms with van der Waals surface area (Å²) in [4.78, 5) is 12.2. The third-order valence-electron chi connectivity index (χ3n) is 2.72. The number of Topliss-reactive ketones (excluding diaryl/α,β-unsaturated/α-hetero) is 1. The van der Waals surface area contributed by atoms with E-state index in [1.54, 1.807) is 6.07 Å². The van der Waals surface area contributed by atoms with Crippen LogP contribution in [0.25, 0.3) is 0 Å². The van der Waals surface area contributed by atoms with Gasteiger partial charge in [0.15, 0.2) is 5.78 Å². The Bertz CT molecular complexity index is 669. The van der Waals surface area contributed by atoms with Crippen LogP contribution in [0.15, 0.2) is 34.8 Å². The van der Waals surface area contributed by atoms with E-state index in [0.717, 1.165) is 6.07 Å². The van der Waals surface area contributed by atoms with E-state index in [9.17, 15) is 13.6 Å². The van der Waals surface area contributed by atoms with Crippen molar-refractivity contribution in [1.82, 2.24) is 0 Å². The molecule has 0 aromatic heterocycles. The van der Waals surface area contributed by atoms with Crippen LogP contribution in [0.1, 0.15) is 15.9 Å². The summed E-state index contributed by atoms with van der Waals surface area (Å²) in [6.07, 6.45) is -0.458. The third-order valence-corrected chi connectivity index (χ3v) is 3.96. The molecule has 0 aliphatic heterocycles. The normalized spacial score (nSPS) is 10.7. The van der Waals surface area contributed by atoms with Crippen LogP contribution < -0.4 is 0 Å². The van der Waals surface area contributed by atoms with Crippen LogP contribution in [-0.4, -0.2) is 5.78 Å². The topological polar surface area (TPSA) is 17.1 Å². The number of carbonyl (C=O) groups excluding carboxylic acids is 1. The van der Waals surface area contributed by atoms with E-state index in [1.807, 2.05) is 0 Å². The monoisotopic (exact) mass is 378 g/mol. The van der Waals surface area contributed by atoms with Crippen molar-refractivity contribution >= 4 is 44.9 Å². The quantitative estimate of drug-likeness (QED) is 0.511. The number of rotatable bonds is 3. The molecular formula is C14H7BrCl2F2O. The Morgan fingerprint density at radius 3 is 2.30 bits per heavy atom. The highest BCUT2D eigenvalue weighted by Crippen LogP contribution is 2.28. The number of hydrogen-bond donors (Lipinski definition) is 0. The molecule has 0 aliphatic carbocycles. The minimum Gasteiger partial charge on any atom is -0.294 e. The first-order valence-electron chi connectivity index (χ1n) is 5.51. The molecule has 0 unspecified atom stereocenters. The van der Waals surface area contributed by atoms with Crippen LogP contribution in [0.2, 0.25) is 10.0 Å². The van der Waals surface area contributed by atoms with Gasteiger partial charge in [-0.2, -0.15) is 0 Å². The zero-order valence-electron chi connectivity index (χ0n) is 9.89. The van der Waals surface area contributed by atoms with Gasteiger partial charge < -0.3 is 0 Å². The van der Waals surface area contributed by atoms with Crippen LogP contribution >= 0.6 is 39.1 Å². The van der Waals surface area contributed by atoms with Crippen molar-refractivity contribution in [2.24, 2.45) is 0 Å². The van der Waals surface area contributed by atoms with E-state index in [0.29, 0.717) is 0 Å². The molecule has 2 rings (SSSR count). The second-order valence-corrected chi connectivity index (χ2v) is 5.69. The van der Waals surface area contributed by atoms with E-state index in [-0.39, 0.29) is 25.6 Å². The molecule has 0 heterocycles. The van der Waals surface area contributed by atoms with Gasteiger partial charge in [-0.3, -0.25) is 4.79 Å². The summed E-state index contributed by atoms with van der Waals surface area (Å²) < 4.78 is 27.6. The Morgan fingerprint density at radius 1 is 1.10 bits per heavy atom. The maximum Gasteiger partial charge on any atom is 0.170 e. The molecule has 2 aromatic carbocycles. The molecule has 0 bridgehead atoms. The van der Waals surface area contributed by atoms with Gasteiger partial charge in [0.05, 0.1) is 20.1 Å². The lowest BCUT2D eigenvalue weighted by Crippen LogP contribution is -2.09. The van der Waals surface area contributed by atoms with Crippen molar-refractivity contribution in [3.63, 3.8) is 0 Å². The number of hydrogen-bond acceptors (Lipinski definition) is 1. The summed E-state index contributed by atoms with van der Waals surface area (Å²) in [5.74, 6) is -2.14. The molecule has 0 saturated heterocycles. The fourth-order valence-corrected chi connectivity index (χ4v) is 2.72. The van der Waals surface area contributed by atoms with E-state index in [1.165, 1.54) is 18.2 Å². The minimum absolute atomic E-state index is 0.0645. The predicted octanol–water partition coefficient (Wildman–Crippen LogP) is 5.46. The van der Waals surface area contributed by atoms with E-state index in [2.05, 4.69) is 15.9 Å². The summed E-state index contributed by atoms with van der Waals surface area (Å²) >= 11 is 14.7. The predicted molar refractivity (Wildman–Crippen MR) is 78.6 cm³/mol. The number of halogens is 5. The highest BCUT2D eigenvalue weighted by atomic mass is 79.9. The summed E-state index contributed by atoms with van der Waals surface area (Å²) in [5.41, 5.74) is -0.255. The fraction of sp³-hybridized carbons (Fsp3) is 0.0714. The first-order valence-corrected chi connectivity index (χ1v) is 7.06. The Morgan fingerprint density at radius 2 is 1.70 bits per heavy atom. The first-order chi connectivity index (χ1) is 9.41. The molecule has 0 amide bonds. The van der Waals surface area contributed by atoms with Gasteiger partial charge in [-0.1, -0.05) is 29.3 Å². The lowest BCUT2D eigenvalue weighted by Gasteiger charge is -2.08. The lowest BCUT2D eigenvalue weighted by atomic mass is 10.0. The molecular weight excluding hydrogens is 373 g/mol. The average molecular weight is 380 g/mol. The smallest absolute Gasteiger partial charge is 0.170 e. The molecule has 20 heavy (non-hydrogen) atoms. The van der Waals surface area contributed by atoms with Gasteiger partial charge in [0.1, 0.15) is 11.6 Å². The lowest BCUT2D eigenvalue weighted by molar-refractivity contribution is 0.0991. The van der Waals surface area contributed by atoms with E-state index in [4.69, 9.17) is 23.2 Å². The van der Waals surface area contributed by atoms with Gasteiger partial charge in [0.25, 0.3) is 0 Å². The van der Waals surface area contributed by atoms with Crippen molar-refractivity contribution in [1.29, 1.82) is 0 Å². The highest BCUT2D eigenvalue weighted by Gasteiger charge is 2.20.